The van der Waals surface area contributed by atoms with Gasteiger partial charge in [0, 0.05) is 13.1 Å². The number of ether oxygens (including phenoxy) is 1. The van der Waals surface area contributed by atoms with Crippen LogP contribution in [0.5, 0.6) is 0 Å². The number of carbonyl (C=O) groups excluding carboxylic acids is 2. The van der Waals surface area contributed by atoms with Crippen molar-refractivity contribution in [2.45, 2.75) is 12.5 Å². The van der Waals surface area contributed by atoms with Crippen LogP contribution in [-0.4, -0.2) is 43.1 Å². The minimum absolute atomic E-state index is 0.0532. The number of carbonyl (C=O) groups is 2. The van der Waals surface area contributed by atoms with Crippen LogP contribution in [0.15, 0.2) is 11.4 Å². The largest absolute Gasteiger partial charge is 0.453 e. The number of hydrogen-bond acceptors (Lipinski definition) is 5. The van der Waals surface area contributed by atoms with Gasteiger partial charge in [0.1, 0.15) is 4.88 Å². The van der Waals surface area contributed by atoms with Crippen LogP contribution in [0, 0.1) is 0 Å². The van der Waals surface area contributed by atoms with E-state index in [2.05, 4.69) is 10.1 Å². The fraction of sp³-hybridized carbons (Fsp3) is 0.455. The summed E-state index contributed by atoms with van der Waals surface area (Å²) in [7, 11) is 1.32. The lowest BCUT2D eigenvalue weighted by Crippen LogP contribution is -2.38. The predicted molar refractivity (Wildman–Crippen MR) is 68.6 cm³/mol. The van der Waals surface area contributed by atoms with Gasteiger partial charge in [0.15, 0.2) is 0 Å². The molecule has 1 aliphatic rings. The van der Waals surface area contributed by atoms with Crippen molar-refractivity contribution < 1.29 is 14.3 Å². The Kier molecular flexibility index (Phi) is 3.71. The molecule has 1 aromatic rings. The zero-order chi connectivity index (χ0) is 13.1. The fourth-order valence-electron chi connectivity index (χ4n) is 1.92. The van der Waals surface area contributed by atoms with E-state index >= 15 is 0 Å². The number of hydrogen-bond donors (Lipinski definition) is 2. The summed E-state index contributed by atoms with van der Waals surface area (Å²) in [5.74, 6) is -0.0725. The first kappa shape index (κ1) is 12.7. The Morgan fingerprint density at radius 3 is 3.00 bits per heavy atom. The number of rotatable bonds is 2. The van der Waals surface area contributed by atoms with E-state index in [1.165, 1.54) is 18.4 Å². The van der Waals surface area contributed by atoms with E-state index in [9.17, 15) is 9.59 Å². The van der Waals surface area contributed by atoms with Crippen molar-refractivity contribution in [3.8, 4) is 0 Å². The van der Waals surface area contributed by atoms with E-state index in [-0.39, 0.29) is 11.9 Å². The molecule has 2 heterocycles. The van der Waals surface area contributed by atoms with E-state index in [4.69, 9.17) is 5.73 Å². The van der Waals surface area contributed by atoms with Crippen molar-refractivity contribution in [1.82, 2.24) is 10.2 Å². The van der Waals surface area contributed by atoms with Crippen LogP contribution in [0.2, 0.25) is 0 Å². The first-order chi connectivity index (χ1) is 8.61. The van der Waals surface area contributed by atoms with Crippen molar-refractivity contribution in [1.29, 1.82) is 0 Å². The van der Waals surface area contributed by atoms with Gasteiger partial charge in [-0.2, -0.15) is 0 Å². The van der Waals surface area contributed by atoms with E-state index < -0.39 is 6.09 Å². The van der Waals surface area contributed by atoms with E-state index in [0.29, 0.717) is 23.7 Å². The monoisotopic (exact) mass is 269 g/mol. The van der Waals surface area contributed by atoms with E-state index in [1.54, 1.807) is 16.3 Å². The molecule has 2 amide bonds. The highest BCUT2D eigenvalue weighted by Gasteiger charge is 2.29. The SMILES string of the molecule is COC(=O)NC1CCN(C(=O)c2sccc2N)C1. The molecular weight excluding hydrogens is 254 g/mol. The highest BCUT2D eigenvalue weighted by atomic mass is 32.1. The number of nitrogens with two attached hydrogens (primary N) is 1. The molecule has 0 spiro atoms. The Morgan fingerprint density at radius 1 is 1.61 bits per heavy atom. The van der Waals surface area contributed by atoms with Crippen molar-refractivity contribution in [3.05, 3.63) is 16.3 Å². The molecule has 3 N–H and O–H groups in total. The van der Waals surface area contributed by atoms with Crippen molar-refractivity contribution in [2.24, 2.45) is 0 Å². The van der Waals surface area contributed by atoms with Gasteiger partial charge in [0.2, 0.25) is 0 Å². The number of amides is 2. The van der Waals surface area contributed by atoms with Crippen LogP contribution in [0.4, 0.5) is 10.5 Å². The quantitative estimate of drug-likeness (QED) is 0.835. The summed E-state index contributed by atoms with van der Waals surface area (Å²) in [4.78, 5) is 25.5. The summed E-state index contributed by atoms with van der Waals surface area (Å²) in [5, 5.41) is 4.48. The average Bonchev–Trinajstić information content (AvgIpc) is 2.97. The number of thiophene rings is 1. The molecular formula is C11H15N3O3S. The third-order valence-corrected chi connectivity index (χ3v) is 3.79. The van der Waals surface area contributed by atoms with Gasteiger partial charge in [-0.15, -0.1) is 11.3 Å². The molecule has 98 valence electrons. The van der Waals surface area contributed by atoms with E-state index in [1.807, 2.05) is 0 Å². The minimum Gasteiger partial charge on any atom is -0.453 e. The average molecular weight is 269 g/mol. The molecule has 1 aliphatic heterocycles. The molecule has 2 rings (SSSR count). The van der Waals surface area contributed by atoms with Crippen molar-refractivity contribution in [3.63, 3.8) is 0 Å². The van der Waals surface area contributed by atoms with Crippen molar-refractivity contribution >= 4 is 29.0 Å². The number of nitrogens with one attached hydrogen (secondary N) is 1. The first-order valence-electron chi connectivity index (χ1n) is 5.58. The van der Waals surface area contributed by atoms with Crippen molar-refractivity contribution in [2.75, 3.05) is 25.9 Å². The van der Waals surface area contributed by atoms with Crippen LogP contribution < -0.4 is 11.1 Å². The third-order valence-electron chi connectivity index (χ3n) is 2.87. The van der Waals surface area contributed by atoms with Gasteiger partial charge in [-0.1, -0.05) is 0 Å². The molecule has 1 fully saturated rings. The normalized spacial score (nSPS) is 18.7. The smallest absolute Gasteiger partial charge is 0.407 e. The topological polar surface area (TPSA) is 84.7 Å². The lowest BCUT2D eigenvalue weighted by molar-refractivity contribution is 0.0794. The summed E-state index contributed by atoms with van der Waals surface area (Å²) in [6.07, 6.45) is 0.261. The van der Waals surface area contributed by atoms with Gasteiger partial charge in [-0.25, -0.2) is 4.79 Å². The number of nitrogens with zero attached hydrogens (tertiary/aromatic N) is 1. The molecule has 0 bridgehead atoms. The molecule has 1 unspecified atom stereocenters. The summed E-state index contributed by atoms with van der Waals surface area (Å²) < 4.78 is 4.53. The second kappa shape index (κ2) is 5.26. The zero-order valence-electron chi connectivity index (χ0n) is 10.0. The Bertz CT molecular complexity index is 460. The summed E-state index contributed by atoms with van der Waals surface area (Å²) >= 11 is 1.34. The number of anilines is 1. The zero-order valence-corrected chi connectivity index (χ0v) is 10.8. The molecule has 1 atom stereocenters. The van der Waals surface area contributed by atoms with Gasteiger partial charge in [-0.05, 0) is 17.9 Å². The van der Waals surface area contributed by atoms with E-state index in [0.717, 1.165) is 6.42 Å². The fourth-order valence-corrected chi connectivity index (χ4v) is 2.71. The summed E-state index contributed by atoms with van der Waals surface area (Å²) in [5.41, 5.74) is 6.23. The Labute approximate surface area is 109 Å². The highest BCUT2D eigenvalue weighted by Crippen LogP contribution is 2.23. The highest BCUT2D eigenvalue weighted by molar-refractivity contribution is 7.12. The predicted octanol–water partition coefficient (Wildman–Crippen LogP) is 0.901. The number of nitrogen functional groups attached to an aromatic ring is 1. The van der Waals surface area contributed by atoms with Gasteiger partial charge >= 0.3 is 6.09 Å². The van der Waals surface area contributed by atoms with Gasteiger partial charge in [0.05, 0.1) is 18.8 Å². The minimum atomic E-state index is -0.468. The second-order valence-corrected chi connectivity index (χ2v) is 4.99. The molecule has 1 saturated heterocycles. The Hall–Kier alpha value is -1.76. The number of methoxy groups -OCH3 is 1. The lowest BCUT2D eigenvalue weighted by atomic mass is 10.3. The van der Waals surface area contributed by atoms with Crippen LogP contribution in [-0.2, 0) is 4.74 Å². The van der Waals surface area contributed by atoms with Gasteiger partial charge in [0.25, 0.3) is 5.91 Å². The molecule has 7 heteroatoms. The first-order valence-corrected chi connectivity index (χ1v) is 6.46. The molecule has 18 heavy (non-hydrogen) atoms. The Balaban J connectivity index is 1.95. The maximum absolute atomic E-state index is 12.1. The Morgan fingerprint density at radius 2 is 2.39 bits per heavy atom. The van der Waals surface area contributed by atoms with Crippen LogP contribution in [0.25, 0.3) is 0 Å². The van der Waals surface area contributed by atoms with Crippen LogP contribution in [0.3, 0.4) is 0 Å². The molecule has 0 radical (unpaired) electrons. The molecule has 0 aliphatic carbocycles. The molecule has 0 saturated carbocycles. The van der Waals surface area contributed by atoms with Crippen LogP contribution in [0.1, 0.15) is 16.1 Å². The number of likely N-dealkylation sites (tertiary alicyclic amines) is 1. The summed E-state index contributed by atoms with van der Waals surface area (Å²) in [6.45, 7) is 1.11. The second-order valence-electron chi connectivity index (χ2n) is 4.08. The molecule has 0 aromatic carbocycles. The van der Waals surface area contributed by atoms with Crippen LogP contribution >= 0.6 is 11.3 Å². The maximum atomic E-state index is 12.1. The lowest BCUT2D eigenvalue weighted by Gasteiger charge is -2.16. The van der Waals surface area contributed by atoms with Gasteiger partial charge in [-0.3, -0.25) is 4.79 Å². The molecule has 1 aromatic heterocycles. The third kappa shape index (κ3) is 2.56. The standard InChI is InChI=1S/C11H15N3O3S/c1-17-11(16)13-7-2-4-14(6-7)10(15)9-8(12)3-5-18-9/h3,5,7H,2,4,6,12H2,1H3,(H,13,16). The summed E-state index contributed by atoms with van der Waals surface area (Å²) in [6, 6.07) is 1.67. The number of alkyl carbamates (subject to hydrolysis) is 1. The van der Waals surface area contributed by atoms with Gasteiger partial charge < -0.3 is 20.7 Å². The maximum Gasteiger partial charge on any atom is 0.407 e. The molecule has 6 nitrogen and oxygen atoms in total.